The number of fused-ring (bicyclic) bond motifs is 1. The van der Waals surface area contributed by atoms with Gasteiger partial charge in [-0.05, 0) is 37.3 Å². The fourth-order valence-corrected chi connectivity index (χ4v) is 3.94. The van der Waals surface area contributed by atoms with E-state index in [1.807, 2.05) is 48.0 Å². The van der Waals surface area contributed by atoms with E-state index in [2.05, 4.69) is 15.7 Å². The van der Waals surface area contributed by atoms with Gasteiger partial charge in [-0.15, -0.1) is 11.3 Å². The number of hydrogen-bond donors (Lipinski definition) is 2. The molecule has 0 fully saturated rings. The average molecular weight is 394 g/mol. The summed E-state index contributed by atoms with van der Waals surface area (Å²) < 4.78 is 6.88. The number of carbonyl (C=O) groups is 2. The number of aromatic nitrogens is 2. The zero-order valence-electron chi connectivity index (χ0n) is 15.1. The van der Waals surface area contributed by atoms with Gasteiger partial charge in [0.2, 0.25) is 0 Å². The third kappa shape index (κ3) is 3.54. The standard InChI is InChI=1S/C20H18N4O3S/c1-13-15-12-17(28-20(15)24(23-13)14-6-3-2-4-7-14)19(26)22-10-9-21-18(25)16-8-5-11-27-16/h2-8,11-12H,9-10H2,1H3,(H,21,25)(H,22,26). The van der Waals surface area contributed by atoms with Gasteiger partial charge in [-0.25, -0.2) is 4.68 Å². The summed E-state index contributed by atoms with van der Waals surface area (Å²) in [5.74, 6) is -0.232. The minimum Gasteiger partial charge on any atom is -0.459 e. The van der Waals surface area contributed by atoms with Crippen molar-refractivity contribution >= 4 is 33.4 Å². The minimum absolute atomic E-state index is 0.174. The highest BCUT2D eigenvalue weighted by Gasteiger charge is 2.17. The van der Waals surface area contributed by atoms with E-state index >= 15 is 0 Å². The van der Waals surface area contributed by atoms with Crippen LogP contribution in [0.25, 0.3) is 15.9 Å². The van der Waals surface area contributed by atoms with E-state index < -0.39 is 0 Å². The normalized spacial score (nSPS) is 10.9. The lowest BCUT2D eigenvalue weighted by molar-refractivity contribution is 0.0911. The number of nitrogens with zero attached hydrogens (tertiary/aromatic N) is 2. The van der Waals surface area contributed by atoms with Crippen LogP contribution in [0, 0.1) is 6.92 Å². The number of thiophene rings is 1. The number of hydrogen-bond acceptors (Lipinski definition) is 5. The van der Waals surface area contributed by atoms with Crippen molar-refractivity contribution in [2.45, 2.75) is 6.92 Å². The molecule has 1 aromatic carbocycles. The van der Waals surface area contributed by atoms with Crippen molar-refractivity contribution < 1.29 is 14.0 Å². The lowest BCUT2D eigenvalue weighted by Gasteiger charge is -2.05. The Kier molecular flexibility index (Phi) is 4.94. The minimum atomic E-state index is -0.306. The Morgan fingerprint density at radius 1 is 1.07 bits per heavy atom. The molecule has 3 aromatic heterocycles. The quantitative estimate of drug-likeness (QED) is 0.492. The lowest BCUT2D eigenvalue weighted by atomic mass is 10.3. The summed E-state index contributed by atoms with van der Waals surface area (Å²) in [6, 6.07) is 14.9. The number of benzene rings is 1. The van der Waals surface area contributed by atoms with E-state index in [1.165, 1.54) is 17.6 Å². The van der Waals surface area contributed by atoms with Crippen LogP contribution in [0.5, 0.6) is 0 Å². The van der Waals surface area contributed by atoms with Gasteiger partial charge in [0.1, 0.15) is 4.83 Å². The van der Waals surface area contributed by atoms with Crippen molar-refractivity contribution in [3.8, 4) is 5.69 Å². The Morgan fingerprint density at radius 2 is 1.82 bits per heavy atom. The van der Waals surface area contributed by atoms with Crippen LogP contribution >= 0.6 is 11.3 Å². The van der Waals surface area contributed by atoms with E-state index in [0.29, 0.717) is 18.0 Å². The first kappa shape index (κ1) is 18.0. The van der Waals surface area contributed by atoms with Gasteiger partial charge in [0.15, 0.2) is 5.76 Å². The molecule has 8 heteroatoms. The molecule has 4 aromatic rings. The van der Waals surface area contributed by atoms with E-state index in [9.17, 15) is 9.59 Å². The van der Waals surface area contributed by atoms with Gasteiger partial charge in [0, 0.05) is 18.5 Å². The molecule has 0 aliphatic heterocycles. The molecule has 28 heavy (non-hydrogen) atoms. The van der Waals surface area contributed by atoms with Crippen molar-refractivity contribution in [1.82, 2.24) is 20.4 Å². The SMILES string of the molecule is Cc1nn(-c2ccccc2)c2sc(C(=O)NCCNC(=O)c3ccco3)cc12. The van der Waals surface area contributed by atoms with Crippen LogP contribution in [-0.4, -0.2) is 34.7 Å². The van der Waals surface area contributed by atoms with Gasteiger partial charge in [0.25, 0.3) is 11.8 Å². The number of nitrogens with one attached hydrogen (secondary N) is 2. The largest absolute Gasteiger partial charge is 0.459 e. The highest BCUT2D eigenvalue weighted by Crippen LogP contribution is 2.30. The monoisotopic (exact) mass is 394 g/mol. The molecule has 0 aliphatic rings. The summed E-state index contributed by atoms with van der Waals surface area (Å²) in [5.41, 5.74) is 1.83. The molecule has 0 aliphatic carbocycles. The summed E-state index contributed by atoms with van der Waals surface area (Å²) >= 11 is 1.40. The van der Waals surface area contributed by atoms with Crippen LogP contribution in [-0.2, 0) is 0 Å². The fraction of sp³-hybridized carbons (Fsp3) is 0.150. The number of para-hydroxylation sites is 1. The maximum absolute atomic E-state index is 12.5. The molecule has 0 bridgehead atoms. The smallest absolute Gasteiger partial charge is 0.287 e. The molecule has 4 rings (SSSR count). The van der Waals surface area contributed by atoms with Gasteiger partial charge < -0.3 is 15.1 Å². The lowest BCUT2D eigenvalue weighted by Crippen LogP contribution is -2.34. The summed E-state index contributed by atoms with van der Waals surface area (Å²) in [7, 11) is 0. The van der Waals surface area contributed by atoms with Gasteiger partial charge in [-0.1, -0.05) is 18.2 Å². The molecule has 3 heterocycles. The van der Waals surface area contributed by atoms with Crippen LogP contribution in [0.15, 0.2) is 59.2 Å². The Morgan fingerprint density at radius 3 is 2.54 bits per heavy atom. The number of carbonyl (C=O) groups excluding carboxylic acids is 2. The molecule has 0 radical (unpaired) electrons. The van der Waals surface area contributed by atoms with Crippen LogP contribution in [0.2, 0.25) is 0 Å². The van der Waals surface area contributed by atoms with Crippen molar-refractivity contribution in [2.75, 3.05) is 13.1 Å². The third-order valence-corrected chi connectivity index (χ3v) is 5.32. The third-order valence-electron chi connectivity index (χ3n) is 4.21. The van der Waals surface area contributed by atoms with Gasteiger partial charge >= 0.3 is 0 Å². The summed E-state index contributed by atoms with van der Waals surface area (Å²) in [4.78, 5) is 25.8. The van der Waals surface area contributed by atoms with Crippen LogP contribution < -0.4 is 10.6 Å². The maximum atomic E-state index is 12.5. The molecular weight excluding hydrogens is 376 g/mol. The molecule has 7 nitrogen and oxygen atoms in total. The van der Waals surface area contributed by atoms with Gasteiger partial charge in [0.05, 0.1) is 22.5 Å². The average Bonchev–Trinajstić information content (AvgIpc) is 3.44. The van der Waals surface area contributed by atoms with Crippen LogP contribution in [0.1, 0.15) is 25.9 Å². The second-order valence-corrected chi connectivity index (χ2v) is 7.18. The Labute approximate surface area is 165 Å². The molecule has 142 valence electrons. The van der Waals surface area contributed by atoms with Crippen molar-refractivity contribution in [3.05, 3.63) is 71.1 Å². The second-order valence-electron chi connectivity index (χ2n) is 6.15. The van der Waals surface area contributed by atoms with E-state index in [-0.39, 0.29) is 17.6 Å². The number of rotatable bonds is 6. The number of amides is 2. The zero-order valence-corrected chi connectivity index (χ0v) is 16.0. The first-order valence-electron chi connectivity index (χ1n) is 8.78. The second kappa shape index (κ2) is 7.69. The predicted octanol–water partition coefficient (Wildman–Crippen LogP) is 3.15. The Bertz CT molecular complexity index is 1110. The number of furan rings is 1. The Hall–Kier alpha value is -3.39. The zero-order chi connectivity index (χ0) is 19.5. The van der Waals surface area contributed by atoms with Crippen molar-refractivity contribution in [1.29, 1.82) is 0 Å². The topological polar surface area (TPSA) is 89.2 Å². The van der Waals surface area contributed by atoms with Crippen LogP contribution in [0.3, 0.4) is 0 Å². The molecule has 0 saturated heterocycles. The molecule has 2 amide bonds. The molecule has 0 atom stereocenters. The molecule has 2 N–H and O–H groups in total. The summed E-state index contributed by atoms with van der Waals surface area (Å²) in [5, 5.41) is 11.1. The first-order chi connectivity index (χ1) is 13.6. The molecular formula is C20H18N4O3S. The van der Waals surface area contributed by atoms with Crippen LogP contribution in [0.4, 0.5) is 0 Å². The molecule has 0 unspecified atom stereocenters. The summed E-state index contributed by atoms with van der Waals surface area (Å²) in [6.07, 6.45) is 1.44. The predicted molar refractivity (Wildman–Crippen MR) is 107 cm³/mol. The molecule has 0 spiro atoms. The van der Waals surface area contributed by atoms with Crippen molar-refractivity contribution in [3.63, 3.8) is 0 Å². The summed E-state index contributed by atoms with van der Waals surface area (Å²) in [6.45, 7) is 2.57. The van der Waals surface area contributed by atoms with E-state index in [1.54, 1.807) is 12.1 Å². The van der Waals surface area contributed by atoms with Crippen molar-refractivity contribution in [2.24, 2.45) is 0 Å². The molecule has 0 saturated carbocycles. The Balaban J connectivity index is 1.41. The number of aryl methyl sites for hydroxylation is 1. The van der Waals surface area contributed by atoms with E-state index in [0.717, 1.165) is 21.6 Å². The van der Waals surface area contributed by atoms with Gasteiger partial charge in [-0.3, -0.25) is 9.59 Å². The first-order valence-corrected chi connectivity index (χ1v) is 9.59. The highest BCUT2D eigenvalue weighted by molar-refractivity contribution is 7.20. The van der Waals surface area contributed by atoms with Gasteiger partial charge in [-0.2, -0.15) is 5.10 Å². The maximum Gasteiger partial charge on any atom is 0.287 e. The fourth-order valence-electron chi connectivity index (χ4n) is 2.84. The van der Waals surface area contributed by atoms with E-state index in [4.69, 9.17) is 4.42 Å². The highest BCUT2D eigenvalue weighted by atomic mass is 32.1.